The minimum atomic E-state index is 0.247. The highest BCUT2D eigenvalue weighted by Gasteiger charge is 2.05. The second-order valence-electron chi connectivity index (χ2n) is 5.36. The maximum atomic E-state index is 8.68. The van der Waals surface area contributed by atoms with Crippen molar-refractivity contribution in [2.75, 3.05) is 57.7 Å². The molecule has 10 nitrogen and oxygen atoms in total. The third-order valence-electron chi connectivity index (χ3n) is 3.36. The second kappa shape index (κ2) is 12.1. The molecule has 2 aromatic rings. The lowest BCUT2D eigenvalue weighted by Gasteiger charge is -2.10. The minimum absolute atomic E-state index is 0.247. The van der Waals surface area contributed by atoms with Gasteiger partial charge in [0.05, 0.1) is 31.3 Å². The standard InChI is InChI=1S/C14H13N7O.C4H9NO/c1-16-12-6-13(21-20-11(12)4-3-5-22-2)19-14-9-17-10(7-15)8-18-14;1-3-6-4-2-5-1/h6,8-9H,5H2,1-2H3,(H2,16,18,19,21);5H,1-4H2. The number of nitrogens with zero attached hydrogens (tertiary/aromatic N) is 5. The van der Waals surface area contributed by atoms with Crippen LogP contribution in [0.2, 0.25) is 0 Å². The summed E-state index contributed by atoms with van der Waals surface area (Å²) in [6.45, 7) is 4.16. The van der Waals surface area contributed by atoms with Gasteiger partial charge in [0.15, 0.2) is 17.2 Å². The van der Waals surface area contributed by atoms with E-state index in [1.165, 1.54) is 12.4 Å². The number of hydrogen-bond donors (Lipinski definition) is 3. The van der Waals surface area contributed by atoms with Crippen LogP contribution in [0.4, 0.5) is 17.3 Å². The molecule has 1 saturated heterocycles. The molecule has 1 aliphatic rings. The molecule has 28 heavy (non-hydrogen) atoms. The van der Waals surface area contributed by atoms with Gasteiger partial charge >= 0.3 is 0 Å². The third kappa shape index (κ3) is 7.13. The summed E-state index contributed by atoms with van der Waals surface area (Å²) in [4.78, 5) is 7.97. The van der Waals surface area contributed by atoms with Gasteiger partial charge in [-0.25, -0.2) is 9.97 Å². The summed E-state index contributed by atoms with van der Waals surface area (Å²) in [5.41, 5.74) is 1.50. The van der Waals surface area contributed by atoms with E-state index in [1.54, 1.807) is 20.2 Å². The lowest BCUT2D eigenvalue weighted by atomic mass is 10.3. The number of aromatic nitrogens is 4. The van der Waals surface area contributed by atoms with Crippen LogP contribution in [0.15, 0.2) is 18.5 Å². The molecule has 10 heteroatoms. The summed E-state index contributed by atoms with van der Waals surface area (Å²) in [5, 5.41) is 25.9. The van der Waals surface area contributed by atoms with E-state index in [9.17, 15) is 0 Å². The molecular formula is C18H22N8O2. The first kappa shape index (κ1) is 21.0. The van der Waals surface area contributed by atoms with Crippen molar-refractivity contribution in [1.82, 2.24) is 25.5 Å². The highest BCUT2D eigenvalue weighted by atomic mass is 16.5. The van der Waals surface area contributed by atoms with E-state index in [1.807, 2.05) is 6.07 Å². The molecule has 3 rings (SSSR count). The Balaban J connectivity index is 0.000000397. The van der Waals surface area contributed by atoms with Gasteiger partial charge in [-0.2, -0.15) is 5.26 Å². The molecular weight excluding hydrogens is 360 g/mol. The molecule has 0 atom stereocenters. The summed E-state index contributed by atoms with van der Waals surface area (Å²) in [6.07, 6.45) is 2.82. The van der Waals surface area contributed by atoms with Crippen molar-refractivity contribution in [2.24, 2.45) is 0 Å². The molecule has 0 amide bonds. The van der Waals surface area contributed by atoms with Crippen LogP contribution >= 0.6 is 0 Å². The van der Waals surface area contributed by atoms with Crippen LogP contribution in [-0.4, -0.2) is 67.2 Å². The van der Waals surface area contributed by atoms with Crippen molar-refractivity contribution >= 4 is 17.3 Å². The Hall–Kier alpha value is -3.31. The number of ether oxygens (including phenoxy) is 2. The van der Waals surface area contributed by atoms with Gasteiger partial charge in [0.25, 0.3) is 0 Å². The fraction of sp³-hybridized carbons (Fsp3) is 0.389. The zero-order chi connectivity index (χ0) is 20.0. The normalized spacial score (nSPS) is 12.5. The maximum absolute atomic E-state index is 8.68. The zero-order valence-corrected chi connectivity index (χ0v) is 15.8. The topological polar surface area (TPSA) is 130 Å². The van der Waals surface area contributed by atoms with Crippen LogP contribution < -0.4 is 16.0 Å². The van der Waals surface area contributed by atoms with E-state index < -0.39 is 0 Å². The molecule has 0 bridgehead atoms. The smallest absolute Gasteiger partial charge is 0.159 e. The summed E-state index contributed by atoms with van der Waals surface area (Å²) in [7, 11) is 3.34. The van der Waals surface area contributed by atoms with Gasteiger partial charge in [-0.1, -0.05) is 5.92 Å². The Morgan fingerprint density at radius 3 is 2.57 bits per heavy atom. The summed E-state index contributed by atoms with van der Waals surface area (Å²) in [5.74, 6) is 6.64. The minimum Gasteiger partial charge on any atom is -0.386 e. The fourth-order valence-electron chi connectivity index (χ4n) is 2.02. The molecule has 3 heterocycles. The molecule has 0 saturated carbocycles. The van der Waals surface area contributed by atoms with Gasteiger partial charge in [-0.3, -0.25) is 0 Å². The van der Waals surface area contributed by atoms with Crippen LogP contribution in [0, 0.1) is 23.2 Å². The van der Waals surface area contributed by atoms with E-state index in [-0.39, 0.29) is 5.69 Å². The number of nitriles is 1. The van der Waals surface area contributed by atoms with Crippen LogP contribution in [0.5, 0.6) is 0 Å². The highest BCUT2D eigenvalue weighted by Crippen LogP contribution is 2.17. The largest absolute Gasteiger partial charge is 0.386 e. The molecule has 0 spiro atoms. The Kier molecular flexibility index (Phi) is 9.11. The van der Waals surface area contributed by atoms with Crippen molar-refractivity contribution in [2.45, 2.75) is 0 Å². The molecule has 0 radical (unpaired) electrons. The number of anilines is 3. The van der Waals surface area contributed by atoms with Crippen LogP contribution in [0.1, 0.15) is 11.4 Å². The predicted molar refractivity (Wildman–Crippen MR) is 104 cm³/mol. The predicted octanol–water partition coefficient (Wildman–Crippen LogP) is 0.528. The van der Waals surface area contributed by atoms with Crippen LogP contribution in [-0.2, 0) is 9.47 Å². The molecule has 1 fully saturated rings. The Morgan fingerprint density at radius 2 is 2.04 bits per heavy atom. The van der Waals surface area contributed by atoms with Crippen LogP contribution in [0.25, 0.3) is 0 Å². The fourth-order valence-corrected chi connectivity index (χ4v) is 2.02. The third-order valence-corrected chi connectivity index (χ3v) is 3.36. The maximum Gasteiger partial charge on any atom is 0.159 e. The molecule has 0 aliphatic carbocycles. The second-order valence-corrected chi connectivity index (χ2v) is 5.36. The number of morpholine rings is 1. The van der Waals surface area contributed by atoms with Gasteiger partial charge in [-0.05, 0) is 5.92 Å². The summed E-state index contributed by atoms with van der Waals surface area (Å²) < 4.78 is 9.87. The molecule has 2 aromatic heterocycles. The number of hydrogen-bond acceptors (Lipinski definition) is 10. The Morgan fingerprint density at radius 1 is 1.21 bits per heavy atom. The van der Waals surface area contributed by atoms with Crippen molar-refractivity contribution in [3.8, 4) is 17.9 Å². The summed E-state index contributed by atoms with van der Waals surface area (Å²) >= 11 is 0. The van der Waals surface area contributed by atoms with E-state index in [2.05, 4.69) is 48.0 Å². The van der Waals surface area contributed by atoms with Crippen LogP contribution in [0.3, 0.4) is 0 Å². The summed E-state index contributed by atoms with van der Waals surface area (Å²) in [6, 6.07) is 3.66. The number of rotatable bonds is 4. The molecule has 146 valence electrons. The molecule has 0 aromatic carbocycles. The average molecular weight is 382 g/mol. The first-order valence-electron chi connectivity index (χ1n) is 8.57. The lowest BCUT2D eigenvalue weighted by molar-refractivity contribution is 0.109. The average Bonchev–Trinajstić information content (AvgIpc) is 2.77. The van der Waals surface area contributed by atoms with Gasteiger partial charge in [0.2, 0.25) is 0 Å². The molecule has 0 unspecified atom stereocenters. The Labute approximate surface area is 163 Å². The van der Waals surface area contributed by atoms with E-state index in [0.29, 0.717) is 23.9 Å². The van der Waals surface area contributed by atoms with E-state index in [4.69, 9.17) is 14.7 Å². The van der Waals surface area contributed by atoms with E-state index in [0.717, 1.165) is 32.0 Å². The monoisotopic (exact) mass is 382 g/mol. The van der Waals surface area contributed by atoms with Gasteiger partial charge in [0, 0.05) is 33.3 Å². The SMILES string of the molecule is C1COCCN1.CNc1cc(Nc2cnc(C#N)cn2)nnc1C#CCOC. The van der Waals surface area contributed by atoms with Gasteiger partial charge < -0.3 is 25.4 Å². The quantitative estimate of drug-likeness (QED) is 0.644. The highest BCUT2D eigenvalue weighted by molar-refractivity contribution is 5.62. The molecule has 1 aliphatic heterocycles. The van der Waals surface area contributed by atoms with Crippen molar-refractivity contribution < 1.29 is 9.47 Å². The van der Waals surface area contributed by atoms with Crippen molar-refractivity contribution in [3.05, 3.63) is 29.8 Å². The van der Waals surface area contributed by atoms with Gasteiger partial charge in [-0.15, -0.1) is 10.2 Å². The van der Waals surface area contributed by atoms with Crippen molar-refractivity contribution in [1.29, 1.82) is 5.26 Å². The number of nitrogens with one attached hydrogen (secondary N) is 3. The van der Waals surface area contributed by atoms with Crippen molar-refractivity contribution in [3.63, 3.8) is 0 Å². The number of methoxy groups -OCH3 is 1. The first-order valence-corrected chi connectivity index (χ1v) is 8.57. The molecule has 3 N–H and O–H groups in total. The van der Waals surface area contributed by atoms with E-state index >= 15 is 0 Å². The lowest BCUT2D eigenvalue weighted by Crippen LogP contribution is -2.30. The zero-order valence-electron chi connectivity index (χ0n) is 15.8. The van der Waals surface area contributed by atoms with Gasteiger partial charge in [0.1, 0.15) is 18.5 Å². The first-order chi connectivity index (χ1) is 13.8. The Bertz CT molecular complexity index is 824.